The van der Waals surface area contributed by atoms with E-state index in [1.54, 1.807) is 32.0 Å². The van der Waals surface area contributed by atoms with Crippen molar-refractivity contribution in [3.05, 3.63) is 54.4 Å². The molecule has 2 aromatic carbocycles. The van der Waals surface area contributed by atoms with Gasteiger partial charge in [0, 0.05) is 11.0 Å². The average molecular weight is 328 g/mol. The summed E-state index contributed by atoms with van der Waals surface area (Å²) in [6.45, 7) is 0. The highest BCUT2D eigenvalue weighted by Gasteiger charge is 2.14. The van der Waals surface area contributed by atoms with E-state index in [9.17, 15) is 0 Å². The first kappa shape index (κ1) is 15.4. The molecule has 1 heterocycles. The molecule has 0 aliphatic carbocycles. The van der Waals surface area contributed by atoms with Crippen LogP contribution in [-0.2, 0) is 5.75 Å². The minimum atomic E-state index is 0.508. The van der Waals surface area contributed by atoms with Gasteiger partial charge in [-0.15, -0.1) is 11.8 Å². The fourth-order valence-corrected chi connectivity index (χ4v) is 2.82. The standard InChI is InChI=1S/C17H16N2O3S/c1-20-12-8-9-14(15(10-12)21-2)17-18-16(22-19-17)11-23-13-6-4-3-5-7-13/h3-10H,11H2,1-2H3. The van der Waals surface area contributed by atoms with Crippen molar-refractivity contribution in [3.63, 3.8) is 0 Å². The lowest BCUT2D eigenvalue weighted by atomic mass is 10.2. The second-order valence-electron chi connectivity index (χ2n) is 4.68. The number of benzene rings is 2. The molecule has 1 aromatic heterocycles. The van der Waals surface area contributed by atoms with E-state index in [1.807, 2.05) is 30.3 Å². The molecule has 0 unspecified atom stereocenters. The smallest absolute Gasteiger partial charge is 0.237 e. The molecule has 118 valence electrons. The molecule has 3 aromatic rings. The van der Waals surface area contributed by atoms with E-state index in [0.717, 1.165) is 10.5 Å². The zero-order valence-corrected chi connectivity index (χ0v) is 13.7. The van der Waals surface area contributed by atoms with Crippen LogP contribution in [-0.4, -0.2) is 24.4 Å². The van der Waals surface area contributed by atoms with E-state index in [-0.39, 0.29) is 0 Å². The monoisotopic (exact) mass is 328 g/mol. The van der Waals surface area contributed by atoms with Gasteiger partial charge in [0.05, 0.1) is 25.5 Å². The van der Waals surface area contributed by atoms with Crippen LogP contribution in [0.15, 0.2) is 57.9 Å². The van der Waals surface area contributed by atoms with Crippen LogP contribution in [0.1, 0.15) is 5.89 Å². The SMILES string of the molecule is COc1ccc(-c2noc(CSc3ccccc3)n2)c(OC)c1. The summed E-state index contributed by atoms with van der Waals surface area (Å²) in [7, 11) is 3.21. The number of rotatable bonds is 6. The van der Waals surface area contributed by atoms with Crippen LogP contribution in [0.4, 0.5) is 0 Å². The number of methoxy groups -OCH3 is 2. The van der Waals surface area contributed by atoms with Gasteiger partial charge in [0.15, 0.2) is 0 Å². The quantitative estimate of drug-likeness (QED) is 0.636. The highest BCUT2D eigenvalue weighted by molar-refractivity contribution is 7.98. The highest BCUT2D eigenvalue weighted by Crippen LogP contribution is 2.32. The van der Waals surface area contributed by atoms with Gasteiger partial charge in [0.1, 0.15) is 11.5 Å². The predicted octanol–water partition coefficient (Wildman–Crippen LogP) is 4.05. The Balaban J connectivity index is 1.76. The number of ether oxygens (including phenoxy) is 2. The van der Waals surface area contributed by atoms with E-state index in [4.69, 9.17) is 14.0 Å². The maximum absolute atomic E-state index is 5.37. The normalized spacial score (nSPS) is 10.5. The summed E-state index contributed by atoms with van der Waals surface area (Å²) < 4.78 is 15.9. The number of hydrogen-bond donors (Lipinski definition) is 0. The molecule has 0 amide bonds. The van der Waals surface area contributed by atoms with Crippen molar-refractivity contribution in [1.82, 2.24) is 10.1 Å². The minimum Gasteiger partial charge on any atom is -0.497 e. The Morgan fingerprint density at radius 1 is 1.04 bits per heavy atom. The second kappa shape index (κ2) is 7.19. The molecule has 0 spiro atoms. The third-order valence-electron chi connectivity index (χ3n) is 3.22. The van der Waals surface area contributed by atoms with Crippen LogP contribution >= 0.6 is 11.8 Å². The summed E-state index contributed by atoms with van der Waals surface area (Å²) >= 11 is 1.65. The number of hydrogen-bond acceptors (Lipinski definition) is 6. The fraction of sp³-hybridized carbons (Fsp3) is 0.176. The van der Waals surface area contributed by atoms with E-state index in [1.165, 1.54) is 0 Å². The molecule has 0 atom stereocenters. The van der Waals surface area contributed by atoms with Gasteiger partial charge in [-0.2, -0.15) is 4.98 Å². The van der Waals surface area contributed by atoms with E-state index in [0.29, 0.717) is 29.0 Å². The average Bonchev–Trinajstić information content (AvgIpc) is 3.09. The molecular formula is C17H16N2O3S. The molecule has 0 bridgehead atoms. The Morgan fingerprint density at radius 3 is 2.61 bits per heavy atom. The highest BCUT2D eigenvalue weighted by atomic mass is 32.2. The Labute approximate surface area is 138 Å². The minimum absolute atomic E-state index is 0.508. The molecule has 23 heavy (non-hydrogen) atoms. The van der Waals surface area contributed by atoms with Gasteiger partial charge in [-0.3, -0.25) is 0 Å². The first-order valence-electron chi connectivity index (χ1n) is 7.03. The van der Waals surface area contributed by atoms with Gasteiger partial charge in [0.2, 0.25) is 11.7 Å². The maximum atomic E-state index is 5.37. The molecule has 6 heteroatoms. The molecule has 0 saturated heterocycles. The van der Waals surface area contributed by atoms with Gasteiger partial charge < -0.3 is 14.0 Å². The lowest BCUT2D eigenvalue weighted by molar-refractivity contribution is 0.388. The molecule has 0 aliphatic heterocycles. The van der Waals surface area contributed by atoms with Crippen LogP contribution in [0.2, 0.25) is 0 Å². The van der Waals surface area contributed by atoms with Crippen molar-refractivity contribution in [2.24, 2.45) is 0 Å². The number of nitrogens with zero attached hydrogens (tertiary/aromatic N) is 2. The Hall–Kier alpha value is -2.47. The summed E-state index contributed by atoms with van der Waals surface area (Å²) in [5.74, 6) is 3.07. The van der Waals surface area contributed by atoms with Crippen LogP contribution in [0.5, 0.6) is 11.5 Å². The fourth-order valence-electron chi connectivity index (χ4n) is 2.07. The zero-order valence-electron chi connectivity index (χ0n) is 12.9. The van der Waals surface area contributed by atoms with Crippen LogP contribution < -0.4 is 9.47 Å². The lowest BCUT2D eigenvalue weighted by Crippen LogP contribution is -1.91. The molecule has 3 rings (SSSR count). The molecule has 0 aliphatic rings. The third kappa shape index (κ3) is 3.65. The van der Waals surface area contributed by atoms with Crippen LogP contribution in [0, 0.1) is 0 Å². The number of aromatic nitrogens is 2. The summed E-state index contributed by atoms with van der Waals surface area (Å²) in [6, 6.07) is 15.6. The van der Waals surface area contributed by atoms with Crippen molar-refractivity contribution in [2.45, 2.75) is 10.6 Å². The van der Waals surface area contributed by atoms with Gasteiger partial charge in [-0.25, -0.2) is 0 Å². The van der Waals surface area contributed by atoms with Crippen LogP contribution in [0.3, 0.4) is 0 Å². The van der Waals surface area contributed by atoms with E-state index in [2.05, 4.69) is 22.3 Å². The van der Waals surface area contributed by atoms with Crippen molar-refractivity contribution < 1.29 is 14.0 Å². The maximum Gasteiger partial charge on any atom is 0.237 e. The number of thioether (sulfide) groups is 1. The Bertz CT molecular complexity index is 775. The first-order valence-corrected chi connectivity index (χ1v) is 8.01. The molecule has 0 saturated carbocycles. The molecule has 0 N–H and O–H groups in total. The van der Waals surface area contributed by atoms with Crippen molar-refractivity contribution in [2.75, 3.05) is 14.2 Å². The summed E-state index contributed by atoms with van der Waals surface area (Å²) in [5, 5.41) is 4.04. The molecule has 0 radical (unpaired) electrons. The largest absolute Gasteiger partial charge is 0.497 e. The van der Waals surface area contributed by atoms with E-state index < -0.39 is 0 Å². The van der Waals surface area contributed by atoms with Gasteiger partial charge >= 0.3 is 0 Å². The van der Waals surface area contributed by atoms with Crippen molar-refractivity contribution >= 4 is 11.8 Å². The zero-order chi connectivity index (χ0) is 16.1. The van der Waals surface area contributed by atoms with Gasteiger partial charge in [-0.1, -0.05) is 23.4 Å². The molecule has 5 nitrogen and oxygen atoms in total. The van der Waals surface area contributed by atoms with Crippen molar-refractivity contribution in [1.29, 1.82) is 0 Å². The van der Waals surface area contributed by atoms with Crippen LogP contribution in [0.25, 0.3) is 11.4 Å². The topological polar surface area (TPSA) is 57.4 Å². The predicted molar refractivity (Wildman–Crippen MR) is 88.8 cm³/mol. The summed E-state index contributed by atoms with van der Waals surface area (Å²) in [4.78, 5) is 5.60. The van der Waals surface area contributed by atoms with E-state index >= 15 is 0 Å². The Morgan fingerprint density at radius 2 is 1.87 bits per heavy atom. The second-order valence-corrected chi connectivity index (χ2v) is 5.73. The summed E-state index contributed by atoms with van der Waals surface area (Å²) in [5.41, 5.74) is 0.771. The van der Waals surface area contributed by atoms with Gasteiger partial charge in [-0.05, 0) is 24.3 Å². The van der Waals surface area contributed by atoms with Crippen molar-refractivity contribution in [3.8, 4) is 22.9 Å². The Kier molecular flexibility index (Phi) is 4.83. The molecular weight excluding hydrogens is 312 g/mol. The summed E-state index contributed by atoms with van der Waals surface area (Å²) in [6.07, 6.45) is 0. The van der Waals surface area contributed by atoms with Gasteiger partial charge in [0.25, 0.3) is 0 Å². The molecule has 0 fully saturated rings. The first-order chi connectivity index (χ1) is 11.3. The lowest BCUT2D eigenvalue weighted by Gasteiger charge is -2.07. The third-order valence-corrected chi connectivity index (χ3v) is 4.22.